The van der Waals surface area contributed by atoms with Crippen molar-refractivity contribution in [3.63, 3.8) is 0 Å². The zero-order chi connectivity index (χ0) is 24.8. The summed E-state index contributed by atoms with van der Waals surface area (Å²) in [5.74, 6) is 0.243. The van der Waals surface area contributed by atoms with E-state index in [1.165, 1.54) is 0 Å². The molecular formula is C27H32N4O4. The van der Waals surface area contributed by atoms with Crippen LogP contribution >= 0.6 is 0 Å². The number of methoxy groups -OCH3 is 1. The number of piperazine rings is 1. The van der Waals surface area contributed by atoms with Gasteiger partial charge in [-0.05, 0) is 73.5 Å². The van der Waals surface area contributed by atoms with Crippen molar-refractivity contribution < 1.29 is 18.7 Å². The molecule has 2 amide bonds. The van der Waals surface area contributed by atoms with Crippen LogP contribution in [0, 0.1) is 13.8 Å². The van der Waals surface area contributed by atoms with Crippen LogP contribution in [-0.4, -0.2) is 56.5 Å². The molecule has 184 valence electrons. The average Bonchev–Trinajstić information content (AvgIpc) is 3.41. The zero-order valence-corrected chi connectivity index (χ0v) is 20.4. The largest absolute Gasteiger partial charge is 0.497 e. The Labute approximate surface area is 205 Å². The smallest absolute Gasteiger partial charge is 0.313 e. The molecule has 8 nitrogen and oxygen atoms in total. The predicted octanol–water partition coefficient (Wildman–Crippen LogP) is 3.52. The van der Waals surface area contributed by atoms with Gasteiger partial charge in [0.15, 0.2) is 0 Å². The molecule has 3 aromatic rings. The topological polar surface area (TPSA) is 87.0 Å². The lowest BCUT2D eigenvalue weighted by atomic mass is 10.1. The lowest BCUT2D eigenvalue weighted by Gasteiger charge is -2.39. The Morgan fingerprint density at radius 1 is 0.971 bits per heavy atom. The molecule has 8 heteroatoms. The maximum atomic E-state index is 12.6. The van der Waals surface area contributed by atoms with E-state index in [-0.39, 0.29) is 12.6 Å². The van der Waals surface area contributed by atoms with Crippen molar-refractivity contribution in [2.24, 2.45) is 0 Å². The highest BCUT2D eigenvalue weighted by molar-refractivity contribution is 6.39. The monoisotopic (exact) mass is 476 g/mol. The number of carbonyl (C=O) groups excluding carboxylic acids is 2. The van der Waals surface area contributed by atoms with Crippen molar-refractivity contribution in [3.8, 4) is 5.75 Å². The Bertz CT molecular complexity index is 1140. The SMILES string of the molecule is COc1ccc(N2CCN(C(CNC(=O)C(=O)Nc3ccc(C)c(C)c3)c3ccco3)CC2)cc1. The first-order valence-corrected chi connectivity index (χ1v) is 11.8. The van der Waals surface area contributed by atoms with E-state index in [0.29, 0.717) is 5.69 Å². The molecule has 0 aliphatic carbocycles. The quantitative estimate of drug-likeness (QED) is 0.508. The fourth-order valence-corrected chi connectivity index (χ4v) is 4.25. The molecule has 1 aliphatic heterocycles. The number of furan rings is 1. The van der Waals surface area contributed by atoms with Gasteiger partial charge in [0.2, 0.25) is 0 Å². The van der Waals surface area contributed by atoms with Gasteiger partial charge in [-0.2, -0.15) is 0 Å². The van der Waals surface area contributed by atoms with Crippen LogP contribution in [0.15, 0.2) is 65.3 Å². The van der Waals surface area contributed by atoms with Crippen LogP contribution in [-0.2, 0) is 9.59 Å². The van der Waals surface area contributed by atoms with Crippen LogP contribution in [0.25, 0.3) is 0 Å². The maximum absolute atomic E-state index is 12.6. The molecular weight excluding hydrogens is 444 g/mol. The number of aryl methyl sites for hydroxylation is 2. The molecule has 0 saturated carbocycles. The third-order valence-corrected chi connectivity index (χ3v) is 6.49. The first kappa shape index (κ1) is 24.3. The number of amides is 2. The van der Waals surface area contributed by atoms with E-state index in [2.05, 4.69) is 32.6 Å². The second-order valence-electron chi connectivity index (χ2n) is 8.72. The lowest BCUT2D eigenvalue weighted by molar-refractivity contribution is -0.136. The normalized spacial score (nSPS) is 14.9. The number of hydrogen-bond donors (Lipinski definition) is 2. The summed E-state index contributed by atoms with van der Waals surface area (Å²) in [6.45, 7) is 7.50. The number of carbonyl (C=O) groups is 2. The highest BCUT2D eigenvalue weighted by Crippen LogP contribution is 2.25. The van der Waals surface area contributed by atoms with Gasteiger partial charge in [-0.15, -0.1) is 0 Å². The van der Waals surface area contributed by atoms with Crippen molar-refractivity contribution in [2.45, 2.75) is 19.9 Å². The van der Waals surface area contributed by atoms with Crippen molar-refractivity contribution in [1.29, 1.82) is 0 Å². The van der Waals surface area contributed by atoms with Gasteiger partial charge >= 0.3 is 11.8 Å². The summed E-state index contributed by atoms with van der Waals surface area (Å²) in [5, 5.41) is 5.47. The van der Waals surface area contributed by atoms with Crippen molar-refractivity contribution in [2.75, 3.05) is 50.1 Å². The molecule has 2 heterocycles. The molecule has 1 fully saturated rings. The van der Waals surface area contributed by atoms with Gasteiger partial charge < -0.3 is 24.7 Å². The van der Waals surface area contributed by atoms with Crippen molar-refractivity contribution in [3.05, 3.63) is 77.7 Å². The maximum Gasteiger partial charge on any atom is 0.313 e. The van der Waals surface area contributed by atoms with Crippen molar-refractivity contribution in [1.82, 2.24) is 10.2 Å². The highest BCUT2D eigenvalue weighted by atomic mass is 16.5. The van der Waals surface area contributed by atoms with Crippen molar-refractivity contribution >= 4 is 23.2 Å². The standard InChI is InChI=1S/C27H32N4O4/c1-19-6-7-21(17-20(19)2)29-27(33)26(32)28-18-24(25-5-4-16-35-25)31-14-12-30(13-15-31)22-8-10-23(34-3)11-9-22/h4-11,16-17,24H,12-15,18H2,1-3H3,(H,28,32)(H,29,33). The Morgan fingerprint density at radius 3 is 2.34 bits per heavy atom. The molecule has 0 spiro atoms. The predicted molar refractivity (Wildman–Crippen MR) is 136 cm³/mol. The third-order valence-electron chi connectivity index (χ3n) is 6.49. The molecule has 1 aromatic heterocycles. The fourth-order valence-electron chi connectivity index (χ4n) is 4.25. The number of hydrogen-bond acceptors (Lipinski definition) is 6. The van der Waals surface area contributed by atoms with Crippen LogP contribution < -0.4 is 20.3 Å². The summed E-state index contributed by atoms with van der Waals surface area (Å²) < 4.78 is 10.9. The van der Waals surface area contributed by atoms with Crippen LogP contribution in [0.2, 0.25) is 0 Å². The Morgan fingerprint density at radius 2 is 1.71 bits per heavy atom. The van der Waals surface area contributed by atoms with Crippen LogP contribution in [0.5, 0.6) is 5.75 Å². The second kappa shape index (κ2) is 11.1. The number of ether oxygens (including phenoxy) is 1. The van der Waals surface area contributed by atoms with Gasteiger partial charge in [0, 0.05) is 44.1 Å². The summed E-state index contributed by atoms with van der Waals surface area (Å²) in [6, 6.07) is 17.2. The summed E-state index contributed by atoms with van der Waals surface area (Å²) in [7, 11) is 1.66. The molecule has 1 aliphatic rings. The van der Waals surface area contributed by atoms with Gasteiger partial charge in [0.1, 0.15) is 11.5 Å². The third kappa shape index (κ3) is 6.02. The Hall–Kier alpha value is -3.78. The molecule has 1 unspecified atom stereocenters. The van der Waals surface area contributed by atoms with Gasteiger partial charge in [-0.1, -0.05) is 6.07 Å². The minimum absolute atomic E-state index is 0.165. The molecule has 1 atom stereocenters. The summed E-state index contributed by atoms with van der Waals surface area (Å²) >= 11 is 0. The van der Waals surface area contributed by atoms with Crippen LogP contribution in [0.1, 0.15) is 22.9 Å². The highest BCUT2D eigenvalue weighted by Gasteiger charge is 2.28. The molecule has 35 heavy (non-hydrogen) atoms. The summed E-state index contributed by atoms with van der Waals surface area (Å²) in [4.78, 5) is 29.6. The van der Waals surface area contributed by atoms with Crippen LogP contribution in [0.3, 0.4) is 0 Å². The van der Waals surface area contributed by atoms with E-state index in [1.54, 1.807) is 19.4 Å². The molecule has 2 aromatic carbocycles. The molecule has 1 saturated heterocycles. The Kier molecular flexibility index (Phi) is 7.72. The minimum Gasteiger partial charge on any atom is -0.497 e. The van der Waals surface area contributed by atoms with Gasteiger partial charge in [-0.25, -0.2) is 0 Å². The molecule has 2 N–H and O–H groups in total. The zero-order valence-electron chi connectivity index (χ0n) is 20.4. The molecule has 4 rings (SSSR count). The minimum atomic E-state index is -0.684. The van der Waals surface area contributed by atoms with E-state index in [9.17, 15) is 9.59 Å². The average molecular weight is 477 g/mol. The Balaban J connectivity index is 1.35. The van der Waals surface area contributed by atoms with Gasteiger partial charge in [0.05, 0.1) is 19.4 Å². The first-order chi connectivity index (χ1) is 16.9. The van der Waals surface area contributed by atoms with E-state index >= 15 is 0 Å². The first-order valence-electron chi connectivity index (χ1n) is 11.8. The summed E-state index contributed by atoms with van der Waals surface area (Å²) in [5.41, 5.74) is 3.93. The molecule has 0 bridgehead atoms. The number of nitrogens with one attached hydrogen (secondary N) is 2. The van der Waals surface area contributed by atoms with E-state index in [4.69, 9.17) is 9.15 Å². The summed E-state index contributed by atoms with van der Waals surface area (Å²) in [6.07, 6.45) is 1.63. The number of anilines is 2. The number of nitrogens with zero attached hydrogens (tertiary/aromatic N) is 2. The molecule has 0 radical (unpaired) electrons. The van der Waals surface area contributed by atoms with Crippen LogP contribution in [0.4, 0.5) is 11.4 Å². The van der Waals surface area contributed by atoms with Gasteiger partial charge in [0.25, 0.3) is 0 Å². The fraction of sp³-hybridized carbons (Fsp3) is 0.333. The van der Waals surface area contributed by atoms with E-state index in [1.807, 2.05) is 50.2 Å². The van der Waals surface area contributed by atoms with E-state index < -0.39 is 11.8 Å². The lowest BCUT2D eigenvalue weighted by Crippen LogP contribution is -2.50. The van der Waals surface area contributed by atoms with Gasteiger partial charge in [-0.3, -0.25) is 14.5 Å². The second-order valence-corrected chi connectivity index (χ2v) is 8.72. The number of rotatable bonds is 7. The van der Waals surface area contributed by atoms with E-state index in [0.717, 1.165) is 54.5 Å². The number of benzene rings is 2.